The summed E-state index contributed by atoms with van der Waals surface area (Å²) < 4.78 is 0. The monoisotopic (exact) mass is 351 g/mol. The molecule has 1 aromatic rings. The van der Waals surface area contributed by atoms with Crippen molar-refractivity contribution >= 4 is 17.7 Å². The number of phenols is 1. The van der Waals surface area contributed by atoms with Gasteiger partial charge in [0.1, 0.15) is 5.75 Å². The summed E-state index contributed by atoms with van der Waals surface area (Å²) in [6, 6.07) is 6.94. The highest BCUT2D eigenvalue weighted by molar-refractivity contribution is 8.00. The summed E-state index contributed by atoms with van der Waals surface area (Å²) in [5, 5.41) is 12.2. The van der Waals surface area contributed by atoms with Gasteiger partial charge >= 0.3 is 0 Å². The van der Waals surface area contributed by atoms with Crippen LogP contribution in [-0.2, 0) is 4.79 Å². The van der Waals surface area contributed by atoms with Crippen molar-refractivity contribution in [3.8, 4) is 5.75 Å². The predicted octanol–water partition coefficient (Wildman–Crippen LogP) is 5.52. The summed E-state index contributed by atoms with van der Waals surface area (Å²) in [7, 11) is 0. The molecule has 0 atom stereocenters. The number of amides is 1. The molecule has 0 heterocycles. The van der Waals surface area contributed by atoms with Gasteiger partial charge in [0.2, 0.25) is 5.91 Å². The number of aromatic hydroxyl groups is 1. The number of unbranched alkanes of at least 4 members (excludes halogenated alkanes) is 9. The molecule has 0 spiro atoms. The summed E-state index contributed by atoms with van der Waals surface area (Å²) in [4.78, 5) is 12.8. The number of nitrogens with one attached hydrogen (secondary N) is 1. The molecule has 1 amide bonds. The number of thioether (sulfide) groups is 1. The Morgan fingerprint density at radius 1 is 0.917 bits per heavy atom. The fourth-order valence-corrected chi connectivity index (χ4v) is 3.31. The molecular formula is C20H33NO2S. The van der Waals surface area contributed by atoms with Crippen LogP contribution in [0.4, 0.5) is 0 Å². The van der Waals surface area contributed by atoms with E-state index in [-0.39, 0.29) is 11.7 Å². The van der Waals surface area contributed by atoms with Gasteiger partial charge in [0.15, 0.2) is 0 Å². The number of rotatable bonds is 14. The van der Waals surface area contributed by atoms with E-state index in [1.807, 2.05) is 12.1 Å². The van der Waals surface area contributed by atoms with Gasteiger partial charge in [0.05, 0.1) is 5.75 Å². The molecule has 0 saturated carbocycles. The van der Waals surface area contributed by atoms with Crippen LogP contribution in [-0.4, -0.2) is 23.3 Å². The SMILES string of the molecule is CCCCCCCCCCCCNC(=O)CSc1ccc(O)cc1. The maximum Gasteiger partial charge on any atom is 0.230 e. The molecule has 0 aromatic heterocycles. The molecule has 1 aromatic carbocycles. The number of hydrogen-bond acceptors (Lipinski definition) is 3. The zero-order valence-corrected chi connectivity index (χ0v) is 15.9. The molecule has 136 valence electrons. The molecule has 1 rings (SSSR count). The van der Waals surface area contributed by atoms with Crippen molar-refractivity contribution < 1.29 is 9.90 Å². The van der Waals surface area contributed by atoms with Gasteiger partial charge in [-0.2, -0.15) is 0 Å². The lowest BCUT2D eigenvalue weighted by molar-refractivity contribution is -0.118. The van der Waals surface area contributed by atoms with Crippen molar-refractivity contribution in [3.63, 3.8) is 0 Å². The molecule has 0 fully saturated rings. The second kappa shape index (κ2) is 14.2. The van der Waals surface area contributed by atoms with Crippen molar-refractivity contribution in [2.45, 2.75) is 76.0 Å². The fraction of sp³-hybridized carbons (Fsp3) is 0.650. The third-order valence-corrected chi connectivity index (χ3v) is 5.07. The zero-order chi connectivity index (χ0) is 17.5. The van der Waals surface area contributed by atoms with Crippen LogP contribution in [0.2, 0.25) is 0 Å². The molecule has 0 aliphatic carbocycles. The van der Waals surface area contributed by atoms with Crippen LogP contribution in [0.15, 0.2) is 29.2 Å². The summed E-state index contributed by atoms with van der Waals surface area (Å²) in [5.41, 5.74) is 0. The fourth-order valence-electron chi connectivity index (χ4n) is 2.58. The van der Waals surface area contributed by atoms with E-state index in [0.717, 1.165) is 17.9 Å². The van der Waals surface area contributed by atoms with E-state index in [4.69, 9.17) is 0 Å². The Balaban J connectivity index is 1.88. The van der Waals surface area contributed by atoms with Crippen molar-refractivity contribution in [2.75, 3.05) is 12.3 Å². The highest BCUT2D eigenvalue weighted by atomic mass is 32.2. The highest BCUT2D eigenvalue weighted by Crippen LogP contribution is 2.20. The average Bonchev–Trinajstić information content (AvgIpc) is 2.59. The van der Waals surface area contributed by atoms with E-state index >= 15 is 0 Å². The highest BCUT2D eigenvalue weighted by Gasteiger charge is 2.02. The lowest BCUT2D eigenvalue weighted by atomic mass is 10.1. The molecule has 0 radical (unpaired) electrons. The number of phenolic OH excluding ortho intramolecular Hbond substituents is 1. The Kier molecular flexibility index (Phi) is 12.4. The molecule has 24 heavy (non-hydrogen) atoms. The van der Waals surface area contributed by atoms with Crippen LogP contribution in [0.3, 0.4) is 0 Å². The molecule has 0 aliphatic rings. The van der Waals surface area contributed by atoms with Crippen molar-refractivity contribution in [3.05, 3.63) is 24.3 Å². The third-order valence-electron chi connectivity index (χ3n) is 4.06. The lowest BCUT2D eigenvalue weighted by Gasteiger charge is -2.06. The molecule has 2 N–H and O–H groups in total. The first-order valence-electron chi connectivity index (χ1n) is 9.41. The van der Waals surface area contributed by atoms with Gasteiger partial charge in [-0.1, -0.05) is 64.7 Å². The van der Waals surface area contributed by atoms with Crippen LogP contribution < -0.4 is 5.32 Å². The van der Waals surface area contributed by atoms with Gasteiger partial charge in [-0.15, -0.1) is 11.8 Å². The first-order chi connectivity index (χ1) is 11.7. The second-order valence-electron chi connectivity index (χ2n) is 6.31. The Morgan fingerprint density at radius 3 is 2.04 bits per heavy atom. The lowest BCUT2D eigenvalue weighted by Crippen LogP contribution is -2.26. The first-order valence-corrected chi connectivity index (χ1v) is 10.4. The van der Waals surface area contributed by atoms with Gasteiger partial charge in [-0.3, -0.25) is 4.79 Å². The Bertz CT molecular complexity index is 434. The van der Waals surface area contributed by atoms with Gasteiger partial charge in [0.25, 0.3) is 0 Å². The second-order valence-corrected chi connectivity index (χ2v) is 7.36. The average molecular weight is 352 g/mol. The minimum atomic E-state index is 0.0870. The number of carbonyl (C=O) groups excluding carboxylic acids is 1. The van der Waals surface area contributed by atoms with E-state index < -0.39 is 0 Å². The van der Waals surface area contributed by atoms with Crippen molar-refractivity contribution in [1.29, 1.82) is 0 Å². The van der Waals surface area contributed by atoms with Gasteiger partial charge in [0, 0.05) is 11.4 Å². The molecule has 0 unspecified atom stereocenters. The Labute approximate surface area is 151 Å². The predicted molar refractivity (Wildman–Crippen MR) is 104 cm³/mol. The van der Waals surface area contributed by atoms with Crippen LogP contribution >= 0.6 is 11.8 Å². The minimum Gasteiger partial charge on any atom is -0.508 e. The third kappa shape index (κ3) is 11.4. The van der Waals surface area contributed by atoms with E-state index in [0.29, 0.717) is 5.75 Å². The molecule has 3 nitrogen and oxygen atoms in total. The molecule has 0 aliphatic heterocycles. The topological polar surface area (TPSA) is 49.3 Å². The number of carbonyl (C=O) groups is 1. The summed E-state index contributed by atoms with van der Waals surface area (Å²) in [6.07, 6.45) is 13.1. The summed E-state index contributed by atoms with van der Waals surface area (Å²) in [5.74, 6) is 0.775. The number of hydrogen-bond donors (Lipinski definition) is 2. The van der Waals surface area contributed by atoms with E-state index in [1.165, 1.54) is 69.5 Å². The quantitative estimate of drug-likeness (QED) is 0.343. The van der Waals surface area contributed by atoms with Crippen LogP contribution in [0.1, 0.15) is 71.1 Å². The van der Waals surface area contributed by atoms with Gasteiger partial charge < -0.3 is 10.4 Å². The maximum atomic E-state index is 11.8. The van der Waals surface area contributed by atoms with Gasteiger partial charge in [-0.25, -0.2) is 0 Å². The Morgan fingerprint density at radius 2 is 1.46 bits per heavy atom. The molecule has 0 saturated heterocycles. The van der Waals surface area contributed by atoms with E-state index in [1.54, 1.807) is 12.1 Å². The van der Waals surface area contributed by atoms with Gasteiger partial charge in [-0.05, 0) is 30.7 Å². The minimum absolute atomic E-state index is 0.0870. The zero-order valence-electron chi connectivity index (χ0n) is 15.1. The summed E-state index contributed by atoms with van der Waals surface area (Å²) in [6.45, 7) is 3.04. The van der Waals surface area contributed by atoms with E-state index in [9.17, 15) is 9.90 Å². The molecule has 0 bridgehead atoms. The molecule has 4 heteroatoms. The van der Waals surface area contributed by atoms with Crippen molar-refractivity contribution in [1.82, 2.24) is 5.32 Å². The number of benzene rings is 1. The van der Waals surface area contributed by atoms with E-state index in [2.05, 4.69) is 12.2 Å². The maximum absolute atomic E-state index is 11.8. The van der Waals surface area contributed by atoms with Crippen molar-refractivity contribution in [2.24, 2.45) is 0 Å². The molecular weight excluding hydrogens is 318 g/mol. The van der Waals surface area contributed by atoms with Crippen LogP contribution in [0.5, 0.6) is 5.75 Å². The van der Waals surface area contributed by atoms with Crippen LogP contribution in [0.25, 0.3) is 0 Å². The smallest absolute Gasteiger partial charge is 0.230 e. The first kappa shape index (κ1) is 20.9. The Hall–Kier alpha value is -1.16. The summed E-state index contributed by atoms with van der Waals surface area (Å²) >= 11 is 1.50. The largest absolute Gasteiger partial charge is 0.508 e. The van der Waals surface area contributed by atoms with Crippen LogP contribution in [0, 0.1) is 0 Å². The standard InChI is InChI=1S/C20H33NO2S/c1-2-3-4-5-6-7-8-9-10-11-16-21-20(23)17-24-19-14-12-18(22)13-15-19/h12-15,22H,2-11,16-17H2,1H3,(H,21,23). The normalized spacial score (nSPS) is 10.7.